The molecule has 4 heteroatoms. The monoisotopic (exact) mass is 325 g/mol. The van der Waals surface area contributed by atoms with Crippen molar-refractivity contribution in [2.75, 3.05) is 20.2 Å². The van der Waals surface area contributed by atoms with Crippen molar-refractivity contribution < 1.29 is 4.74 Å². The number of rotatable bonds is 7. The molecule has 2 heterocycles. The van der Waals surface area contributed by atoms with E-state index < -0.39 is 0 Å². The van der Waals surface area contributed by atoms with E-state index in [1.165, 1.54) is 32.2 Å². The van der Waals surface area contributed by atoms with Crippen molar-refractivity contribution in [3.8, 4) is 5.75 Å². The number of aryl methyl sites for hydroxylation is 1. The summed E-state index contributed by atoms with van der Waals surface area (Å²) < 4.78 is 7.59. The lowest BCUT2D eigenvalue weighted by molar-refractivity contribution is 0.152. The zero-order valence-corrected chi connectivity index (χ0v) is 14.5. The second kappa shape index (κ2) is 8.69. The van der Waals surface area contributed by atoms with Crippen LogP contribution in [0, 0.1) is 0 Å². The fourth-order valence-corrected chi connectivity index (χ4v) is 3.46. The van der Waals surface area contributed by atoms with Crippen molar-refractivity contribution >= 4 is 6.08 Å². The maximum absolute atomic E-state index is 5.42. The van der Waals surface area contributed by atoms with Gasteiger partial charge in [-0.15, -0.1) is 0 Å². The summed E-state index contributed by atoms with van der Waals surface area (Å²) in [5.41, 5.74) is 1.15. The number of aromatic nitrogens is 2. The van der Waals surface area contributed by atoms with Gasteiger partial charge in [-0.25, -0.2) is 4.98 Å². The number of piperidine rings is 1. The molecule has 1 unspecified atom stereocenters. The molecule has 1 fully saturated rings. The lowest BCUT2D eigenvalue weighted by atomic mass is 9.99. The minimum atomic E-state index is 0.670. The van der Waals surface area contributed by atoms with E-state index in [0.717, 1.165) is 24.4 Å². The molecule has 1 aliphatic heterocycles. The second-order valence-electron chi connectivity index (χ2n) is 6.38. The summed E-state index contributed by atoms with van der Waals surface area (Å²) in [6, 6.07) is 8.84. The molecule has 4 nitrogen and oxygen atoms in total. The third-order valence-corrected chi connectivity index (χ3v) is 4.81. The summed E-state index contributed by atoms with van der Waals surface area (Å²) in [5, 5.41) is 0. The second-order valence-corrected chi connectivity index (χ2v) is 6.38. The maximum atomic E-state index is 5.42. The number of ether oxygens (including phenoxy) is 1. The molecule has 1 atom stereocenters. The van der Waals surface area contributed by atoms with Gasteiger partial charge in [0.15, 0.2) is 0 Å². The maximum Gasteiger partial charge on any atom is 0.126 e. The summed E-state index contributed by atoms with van der Waals surface area (Å²) in [5.74, 6) is 0.934. The van der Waals surface area contributed by atoms with Gasteiger partial charge in [0.2, 0.25) is 0 Å². The Morgan fingerprint density at radius 2 is 2.21 bits per heavy atom. The van der Waals surface area contributed by atoms with E-state index in [-0.39, 0.29) is 0 Å². The highest BCUT2D eigenvalue weighted by Gasteiger charge is 2.20. The van der Waals surface area contributed by atoms with Crippen LogP contribution in [0.15, 0.2) is 49.1 Å². The Bertz CT molecular complexity index is 636. The normalized spacial score (nSPS) is 19.0. The highest BCUT2D eigenvalue weighted by molar-refractivity contribution is 5.57. The zero-order valence-electron chi connectivity index (χ0n) is 14.5. The predicted octanol–water partition coefficient (Wildman–Crippen LogP) is 3.85. The van der Waals surface area contributed by atoms with Crippen LogP contribution in [0.1, 0.15) is 31.2 Å². The van der Waals surface area contributed by atoms with Crippen LogP contribution in [0.5, 0.6) is 5.75 Å². The number of hydrogen-bond acceptors (Lipinski definition) is 3. The molecule has 0 aliphatic carbocycles. The average Bonchev–Trinajstić information content (AvgIpc) is 3.15. The predicted molar refractivity (Wildman–Crippen MR) is 98.1 cm³/mol. The van der Waals surface area contributed by atoms with Gasteiger partial charge in [0.25, 0.3) is 0 Å². The third kappa shape index (κ3) is 4.48. The first-order chi connectivity index (χ1) is 11.9. The highest BCUT2D eigenvalue weighted by atomic mass is 16.5. The smallest absolute Gasteiger partial charge is 0.126 e. The average molecular weight is 325 g/mol. The van der Waals surface area contributed by atoms with Crippen LogP contribution in [0.2, 0.25) is 0 Å². The van der Waals surface area contributed by atoms with Crippen LogP contribution in [0.3, 0.4) is 0 Å². The summed E-state index contributed by atoms with van der Waals surface area (Å²) >= 11 is 0. The third-order valence-electron chi connectivity index (χ3n) is 4.81. The molecule has 1 aliphatic rings. The number of nitrogens with zero attached hydrogens (tertiary/aromatic N) is 3. The molecule has 0 bridgehead atoms. The molecule has 1 aromatic carbocycles. The van der Waals surface area contributed by atoms with E-state index in [4.69, 9.17) is 4.74 Å². The molecule has 0 saturated carbocycles. The number of benzene rings is 1. The Morgan fingerprint density at radius 3 is 3.04 bits per heavy atom. The van der Waals surface area contributed by atoms with Crippen LogP contribution in [0.4, 0.5) is 0 Å². The molecule has 3 rings (SSSR count). The van der Waals surface area contributed by atoms with Gasteiger partial charge >= 0.3 is 0 Å². The first kappa shape index (κ1) is 16.8. The number of hydrogen-bond donors (Lipinski definition) is 0. The fraction of sp³-hybridized carbons (Fsp3) is 0.450. The molecule has 0 spiro atoms. The van der Waals surface area contributed by atoms with Crippen LogP contribution in [-0.2, 0) is 6.54 Å². The van der Waals surface area contributed by atoms with Crippen molar-refractivity contribution in [3.05, 3.63) is 54.6 Å². The quantitative estimate of drug-likeness (QED) is 0.774. The molecule has 128 valence electrons. The molecule has 0 N–H and O–H groups in total. The molecule has 24 heavy (non-hydrogen) atoms. The van der Waals surface area contributed by atoms with Gasteiger partial charge in [0, 0.05) is 37.1 Å². The van der Waals surface area contributed by atoms with Crippen LogP contribution >= 0.6 is 0 Å². The Labute approximate surface area is 144 Å². The van der Waals surface area contributed by atoms with Gasteiger partial charge in [-0.05, 0) is 31.9 Å². The molecule has 1 saturated heterocycles. The number of imidazole rings is 1. The molecule has 0 radical (unpaired) electrons. The Morgan fingerprint density at radius 1 is 1.29 bits per heavy atom. The SMILES string of the molecule is COc1ccccc1/C=C/CN1CCCCC1CCn1ccnc1. The van der Waals surface area contributed by atoms with Crippen molar-refractivity contribution in [2.24, 2.45) is 0 Å². The van der Waals surface area contributed by atoms with Crippen molar-refractivity contribution in [2.45, 2.75) is 38.3 Å². The van der Waals surface area contributed by atoms with Crippen LogP contribution in [0.25, 0.3) is 6.08 Å². The zero-order chi connectivity index (χ0) is 16.6. The summed E-state index contributed by atoms with van der Waals surface area (Å²) in [4.78, 5) is 6.75. The largest absolute Gasteiger partial charge is 0.496 e. The van der Waals surface area contributed by atoms with Gasteiger partial charge in [0.1, 0.15) is 5.75 Å². The Kier molecular flexibility index (Phi) is 6.07. The van der Waals surface area contributed by atoms with Crippen molar-refractivity contribution in [1.82, 2.24) is 14.5 Å². The van der Waals surface area contributed by atoms with Gasteiger partial charge in [0.05, 0.1) is 13.4 Å². The van der Waals surface area contributed by atoms with E-state index in [1.807, 2.05) is 24.7 Å². The van der Waals surface area contributed by atoms with E-state index >= 15 is 0 Å². The summed E-state index contributed by atoms with van der Waals surface area (Å²) in [6.45, 7) is 3.26. The van der Waals surface area contributed by atoms with Gasteiger partial charge in [-0.1, -0.05) is 36.8 Å². The van der Waals surface area contributed by atoms with Crippen LogP contribution < -0.4 is 4.74 Å². The molecular formula is C20H27N3O. The Balaban J connectivity index is 1.56. The number of para-hydroxylation sites is 1. The summed E-state index contributed by atoms with van der Waals surface area (Å²) in [7, 11) is 1.73. The fourth-order valence-electron chi connectivity index (χ4n) is 3.46. The molecule has 0 amide bonds. The van der Waals surface area contributed by atoms with Gasteiger partial charge < -0.3 is 9.30 Å². The molecular weight excluding hydrogens is 298 g/mol. The lowest BCUT2D eigenvalue weighted by Gasteiger charge is -2.35. The van der Waals surface area contributed by atoms with Crippen molar-refractivity contribution in [1.29, 1.82) is 0 Å². The van der Waals surface area contributed by atoms with Gasteiger partial charge in [-0.3, -0.25) is 4.90 Å². The standard InChI is InChI=1S/C20H27N3O/c1-24-20-10-3-2-7-18(20)8-6-14-23-13-5-4-9-19(23)11-15-22-16-12-21-17-22/h2-3,6-8,10,12,16-17,19H,4-5,9,11,13-15H2,1H3/b8-6+. The minimum Gasteiger partial charge on any atom is -0.496 e. The number of likely N-dealkylation sites (tertiary alicyclic amines) is 1. The van der Waals surface area contributed by atoms with Crippen LogP contribution in [-0.4, -0.2) is 40.7 Å². The number of methoxy groups -OCH3 is 1. The summed E-state index contributed by atoms with van der Waals surface area (Å²) in [6.07, 6.45) is 15.4. The van der Waals surface area contributed by atoms with E-state index in [2.05, 4.69) is 44.9 Å². The van der Waals surface area contributed by atoms with Crippen molar-refractivity contribution in [3.63, 3.8) is 0 Å². The van der Waals surface area contributed by atoms with E-state index in [1.54, 1.807) is 7.11 Å². The Hall–Kier alpha value is -2.07. The lowest BCUT2D eigenvalue weighted by Crippen LogP contribution is -2.40. The first-order valence-corrected chi connectivity index (χ1v) is 8.86. The first-order valence-electron chi connectivity index (χ1n) is 8.86. The van der Waals surface area contributed by atoms with E-state index in [0.29, 0.717) is 6.04 Å². The van der Waals surface area contributed by atoms with E-state index in [9.17, 15) is 0 Å². The van der Waals surface area contributed by atoms with Gasteiger partial charge in [-0.2, -0.15) is 0 Å². The molecule has 2 aromatic rings. The minimum absolute atomic E-state index is 0.670. The highest BCUT2D eigenvalue weighted by Crippen LogP contribution is 2.22. The topological polar surface area (TPSA) is 30.3 Å². The molecule has 1 aromatic heterocycles.